The van der Waals surface area contributed by atoms with Gasteiger partial charge in [-0.3, -0.25) is 9.69 Å². The van der Waals surface area contributed by atoms with Crippen LogP contribution in [-0.4, -0.2) is 79.7 Å². The van der Waals surface area contributed by atoms with Crippen molar-refractivity contribution in [3.8, 4) is 0 Å². The zero-order valence-electron chi connectivity index (χ0n) is 13.4. The molecule has 0 aromatic carbocycles. The fraction of sp³-hybridized carbons (Fsp3) is 0.538. The lowest BCUT2D eigenvalue weighted by Gasteiger charge is -2.26. The molecule has 134 valence electrons. The number of nitrogens with zero attached hydrogens (tertiary/aromatic N) is 7. The van der Waals surface area contributed by atoms with Gasteiger partial charge in [-0.2, -0.15) is 9.78 Å². The Hall–Kier alpha value is -2.86. The Morgan fingerprint density at radius 1 is 1.32 bits per heavy atom. The van der Waals surface area contributed by atoms with Gasteiger partial charge in [-0.1, -0.05) is 4.98 Å². The Bertz CT molecular complexity index is 736. The van der Waals surface area contributed by atoms with E-state index in [1.54, 1.807) is 12.3 Å². The fourth-order valence-electron chi connectivity index (χ4n) is 2.39. The molecule has 0 aliphatic carbocycles. The molecule has 0 bridgehead atoms. The van der Waals surface area contributed by atoms with Crippen LogP contribution >= 0.6 is 0 Å². The smallest absolute Gasteiger partial charge is 0.390 e. The van der Waals surface area contributed by atoms with Crippen LogP contribution in [0.5, 0.6) is 0 Å². The third kappa shape index (κ3) is 4.58. The minimum absolute atomic E-state index is 0.127. The first kappa shape index (κ1) is 17.0. The molecule has 1 fully saturated rings. The second kappa shape index (κ2) is 7.81. The van der Waals surface area contributed by atoms with Gasteiger partial charge in [0, 0.05) is 37.5 Å². The number of ether oxygens (including phenoxy) is 1. The van der Waals surface area contributed by atoms with Crippen LogP contribution in [0.1, 0.15) is 10.5 Å². The van der Waals surface area contributed by atoms with Crippen molar-refractivity contribution >= 4 is 11.9 Å². The van der Waals surface area contributed by atoms with E-state index in [-0.39, 0.29) is 18.3 Å². The van der Waals surface area contributed by atoms with Crippen molar-refractivity contribution in [2.75, 3.05) is 39.4 Å². The summed E-state index contributed by atoms with van der Waals surface area (Å²) in [6, 6.07) is 1.58. The first-order chi connectivity index (χ1) is 12.1. The van der Waals surface area contributed by atoms with E-state index in [1.807, 2.05) is 0 Å². The van der Waals surface area contributed by atoms with Gasteiger partial charge in [0.1, 0.15) is 5.69 Å². The normalized spacial score (nSPS) is 15.2. The third-order valence-corrected chi connectivity index (χ3v) is 3.67. The van der Waals surface area contributed by atoms with E-state index in [2.05, 4.69) is 25.4 Å². The summed E-state index contributed by atoms with van der Waals surface area (Å²) in [4.78, 5) is 27.8. The molecule has 1 aliphatic heterocycles. The topological polar surface area (TPSA) is 133 Å². The standard InChI is InChI=1S/C13H18N8O4/c22-12(14-2-4-18-5-7-25-8-6-18)11-1-3-19(16-11)10-20-9-15-13(17-20)21(23)24/h1,3,9H,2,4-8,10H2,(H,14,22). The number of carbonyl (C=O) groups excluding carboxylic acids is 1. The van der Waals surface area contributed by atoms with Crippen LogP contribution < -0.4 is 5.32 Å². The summed E-state index contributed by atoms with van der Waals surface area (Å²) < 4.78 is 7.99. The molecule has 3 rings (SSSR count). The molecule has 0 unspecified atom stereocenters. The molecule has 1 aliphatic rings. The number of nitrogens with one attached hydrogen (secondary N) is 1. The van der Waals surface area contributed by atoms with Gasteiger partial charge in [-0.25, -0.2) is 4.68 Å². The highest BCUT2D eigenvalue weighted by Crippen LogP contribution is 2.01. The maximum absolute atomic E-state index is 12.1. The first-order valence-corrected chi connectivity index (χ1v) is 7.77. The van der Waals surface area contributed by atoms with E-state index in [4.69, 9.17) is 4.74 Å². The second-order valence-electron chi connectivity index (χ2n) is 5.43. The summed E-state index contributed by atoms with van der Waals surface area (Å²) >= 11 is 0. The van der Waals surface area contributed by atoms with E-state index in [9.17, 15) is 14.9 Å². The summed E-state index contributed by atoms with van der Waals surface area (Å²) in [7, 11) is 0. The monoisotopic (exact) mass is 350 g/mol. The maximum Gasteiger partial charge on any atom is 0.491 e. The average Bonchev–Trinajstić information content (AvgIpc) is 3.26. The van der Waals surface area contributed by atoms with Crippen LogP contribution in [0.3, 0.4) is 0 Å². The molecule has 25 heavy (non-hydrogen) atoms. The molecule has 2 aromatic rings. The average molecular weight is 350 g/mol. The predicted octanol–water partition coefficient (Wildman–Crippen LogP) is -1.05. The highest BCUT2D eigenvalue weighted by Gasteiger charge is 2.15. The first-order valence-electron chi connectivity index (χ1n) is 7.77. The number of aromatic nitrogens is 5. The molecule has 0 saturated carbocycles. The van der Waals surface area contributed by atoms with Crippen LogP contribution in [0.2, 0.25) is 0 Å². The quantitative estimate of drug-likeness (QED) is 0.494. The summed E-state index contributed by atoms with van der Waals surface area (Å²) in [6.45, 7) is 4.60. The highest BCUT2D eigenvalue weighted by molar-refractivity contribution is 5.92. The number of carbonyl (C=O) groups is 1. The lowest BCUT2D eigenvalue weighted by atomic mass is 10.4. The van der Waals surface area contributed by atoms with Crippen molar-refractivity contribution in [3.63, 3.8) is 0 Å². The summed E-state index contributed by atoms with van der Waals surface area (Å²) in [5, 5.41) is 21.2. The molecule has 0 atom stereocenters. The largest absolute Gasteiger partial charge is 0.491 e. The van der Waals surface area contributed by atoms with Crippen molar-refractivity contribution in [2.24, 2.45) is 0 Å². The molecule has 3 heterocycles. The van der Waals surface area contributed by atoms with Crippen LogP contribution in [0.4, 0.5) is 5.95 Å². The predicted molar refractivity (Wildman–Crippen MR) is 83.9 cm³/mol. The summed E-state index contributed by atoms with van der Waals surface area (Å²) in [6.07, 6.45) is 2.84. The van der Waals surface area contributed by atoms with Crippen molar-refractivity contribution in [1.82, 2.24) is 34.8 Å². The van der Waals surface area contributed by atoms with E-state index in [1.165, 1.54) is 15.7 Å². The summed E-state index contributed by atoms with van der Waals surface area (Å²) in [5.74, 6) is -0.746. The Kier molecular flexibility index (Phi) is 5.30. The molecule has 0 radical (unpaired) electrons. The minimum atomic E-state index is -0.674. The highest BCUT2D eigenvalue weighted by atomic mass is 16.6. The van der Waals surface area contributed by atoms with Gasteiger partial charge < -0.3 is 20.2 Å². The van der Waals surface area contributed by atoms with Gasteiger partial charge in [-0.15, -0.1) is 0 Å². The summed E-state index contributed by atoms with van der Waals surface area (Å²) in [5.41, 5.74) is 0.275. The van der Waals surface area contributed by atoms with Crippen LogP contribution in [-0.2, 0) is 11.4 Å². The number of hydrogen-bond donors (Lipinski definition) is 1. The van der Waals surface area contributed by atoms with Gasteiger partial charge in [0.2, 0.25) is 6.33 Å². The Labute approximate surface area is 142 Å². The minimum Gasteiger partial charge on any atom is -0.390 e. The second-order valence-corrected chi connectivity index (χ2v) is 5.43. The number of amides is 1. The van der Waals surface area contributed by atoms with E-state index >= 15 is 0 Å². The van der Waals surface area contributed by atoms with Gasteiger partial charge in [0.05, 0.1) is 13.2 Å². The van der Waals surface area contributed by atoms with E-state index in [0.29, 0.717) is 6.54 Å². The molecule has 0 spiro atoms. The fourth-order valence-corrected chi connectivity index (χ4v) is 2.39. The zero-order valence-corrected chi connectivity index (χ0v) is 13.4. The molecule has 2 aromatic heterocycles. The number of rotatable bonds is 7. The van der Waals surface area contributed by atoms with Crippen molar-refractivity contribution in [3.05, 3.63) is 34.4 Å². The third-order valence-electron chi connectivity index (χ3n) is 3.67. The molecule has 12 heteroatoms. The van der Waals surface area contributed by atoms with E-state index in [0.717, 1.165) is 32.8 Å². The molecule has 1 saturated heterocycles. The lowest BCUT2D eigenvalue weighted by molar-refractivity contribution is -0.394. The molecule has 1 N–H and O–H groups in total. The van der Waals surface area contributed by atoms with Crippen molar-refractivity contribution in [2.45, 2.75) is 6.67 Å². The number of morpholine rings is 1. The van der Waals surface area contributed by atoms with Crippen LogP contribution in [0, 0.1) is 10.1 Å². The molecular formula is C13H18N8O4. The Balaban J connectivity index is 1.48. The Morgan fingerprint density at radius 2 is 2.12 bits per heavy atom. The van der Waals surface area contributed by atoms with Gasteiger partial charge in [0.15, 0.2) is 6.67 Å². The van der Waals surface area contributed by atoms with Crippen LogP contribution in [0.15, 0.2) is 18.6 Å². The maximum atomic E-state index is 12.1. The zero-order chi connectivity index (χ0) is 17.6. The molecule has 1 amide bonds. The van der Waals surface area contributed by atoms with Crippen LogP contribution in [0.25, 0.3) is 0 Å². The molecular weight excluding hydrogens is 332 g/mol. The van der Waals surface area contributed by atoms with Crippen molar-refractivity contribution < 1.29 is 14.5 Å². The van der Waals surface area contributed by atoms with Gasteiger partial charge in [-0.05, 0) is 11.0 Å². The van der Waals surface area contributed by atoms with Crippen molar-refractivity contribution in [1.29, 1.82) is 0 Å². The number of nitro groups is 1. The van der Waals surface area contributed by atoms with E-state index < -0.39 is 10.9 Å². The number of hydrogen-bond acceptors (Lipinski definition) is 8. The SMILES string of the molecule is O=C(NCCN1CCOCC1)c1ccn(Cn2cnc([N+](=O)[O-])n2)n1. The van der Waals surface area contributed by atoms with Gasteiger partial charge in [0.25, 0.3) is 5.91 Å². The molecule has 12 nitrogen and oxygen atoms in total. The Morgan fingerprint density at radius 3 is 2.84 bits per heavy atom. The van der Waals surface area contributed by atoms with Gasteiger partial charge >= 0.3 is 5.95 Å². The lowest BCUT2D eigenvalue weighted by Crippen LogP contribution is -2.41.